The lowest BCUT2D eigenvalue weighted by atomic mass is 9.95. The minimum absolute atomic E-state index is 0.0162. The van der Waals surface area contributed by atoms with E-state index in [0.29, 0.717) is 5.82 Å². The molecule has 1 rings (SSSR count). The molecule has 1 amide bonds. The van der Waals surface area contributed by atoms with Crippen molar-refractivity contribution in [3.63, 3.8) is 0 Å². The lowest BCUT2D eigenvalue weighted by molar-refractivity contribution is -0.385. The number of carbonyl (C=O) groups is 1. The molecule has 0 atom stereocenters. The van der Waals surface area contributed by atoms with Gasteiger partial charge in [0.1, 0.15) is 17.6 Å². The van der Waals surface area contributed by atoms with Crippen LogP contribution in [0, 0.1) is 10.1 Å². The van der Waals surface area contributed by atoms with E-state index in [4.69, 9.17) is 0 Å². The maximum atomic E-state index is 12.3. The molecule has 0 fully saturated rings. The van der Waals surface area contributed by atoms with Gasteiger partial charge in [0.2, 0.25) is 0 Å². The molecule has 0 aliphatic rings. The number of nitrogens with one attached hydrogen (secondary N) is 2. The summed E-state index contributed by atoms with van der Waals surface area (Å²) in [5.41, 5.74) is -0.660. The predicted molar refractivity (Wildman–Crippen MR) is 76.9 cm³/mol. The first kappa shape index (κ1) is 15.9. The molecule has 0 saturated carbocycles. The topological polar surface area (TPSA) is 97.2 Å². The summed E-state index contributed by atoms with van der Waals surface area (Å²) in [6, 6.07) is 1.39. The highest BCUT2D eigenvalue weighted by atomic mass is 16.6. The van der Waals surface area contributed by atoms with Crippen LogP contribution in [0.5, 0.6) is 0 Å². The van der Waals surface area contributed by atoms with E-state index in [0.717, 1.165) is 19.0 Å². The molecule has 7 nitrogen and oxygen atoms in total. The van der Waals surface area contributed by atoms with Gasteiger partial charge in [-0.05, 0) is 19.8 Å². The molecule has 0 aliphatic heterocycles. The third-order valence-corrected chi connectivity index (χ3v) is 3.56. The molecule has 0 spiro atoms. The van der Waals surface area contributed by atoms with Gasteiger partial charge in [-0.1, -0.05) is 13.8 Å². The summed E-state index contributed by atoms with van der Waals surface area (Å²) in [6.45, 7) is 5.84. The van der Waals surface area contributed by atoms with Crippen LogP contribution in [0.3, 0.4) is 0 Å². The predicted octanol–water partition coefficient (Wildman–Crippen LogP) is 2.34. The Morgan fingerprint density at radius 1 is 1.45 bits per heavy atom. The highest BCUT2D eigenvalue weighted by molar-refractivity contribution is 5.99. The Hall–Kier alpha value is -2.18. The Bertz CT molecular complexity index is 512. The van der Waals surface area contributed by atoms with Crippen LogP contribution in [0.1, 0.15) is 44.0 Å². The summed E-state index contributed by atoms with van der Waals surface area (Å²) in [6.07, 6.45) is 2.58. The van der Waals surface area contributed by atoms with Crippen molar-refractivity contribution in [1.29, 1.82) is 0 Å². The number of hydrogen-bond donors (Lipinski definition) is 2. The number of anilines is 1. The van der Waals surface area contributed by atoms with E-state index in [1.807, 2.05) is 20.8 Å². The second-order valence-electron chi connectivity index (χ2n) is 4.82. The van der Waals surface area contributed by atoms with Gasteiger partial charge in [0, 0.05) is 18.7 Å². The van der Waals surface area contributed by atoms with E-state index in [2.05, 4.69) is 15.6 Å². The Morgan fingerprint density at radius 3 is 2.50 bits per heavy atom. The first-order valence-corrected chi connectivity index (χ1v) is 6.51. The van der Waals surface area contributed by atoms with Gasteiger partial charge < -0.3 is 10.6 Å². The van der Waals surface area contributed by atoms with Crippen molar-refractivity contribution in [2.45, 2.75) is 39.2 Å². The van der Waals surface area contributed by atoms with Gasteiger partial charge in [-0.15, -0.1) is 0 Å². The molecule has 0 saturated heterocycles. The van der Waals surface area contributed by atoms with Crippen molar-refractivity contribution in [3.8, 4) is 0 Å². The minimum Gasteiger partial charge on any atom is -0.373 e. The molecule has 0 bridgehead atoms. The third kappa shape index (κ3) is 3.43. The summed E-state index contributed by atoms with van der Waals surface area (Å²) in [5.74, 6) is -0.0442. The van der Waals surface area contributed by atoms with Crippen molar-refractivity contribution in [2.75, 3.05) is 12.4 Å². The van der Waals surface area contributed by atoms with Crippen LogP contribution in [0.4, 0.5) is 11.5 Å². The second-order valence-corrected chi connectivity index (χ2v) is 4.82. The fraction of sp³-hybridized carbons (Fsp3) is 0.538. The number of aromatic nitrogens is 1. The smallest absolute Gasteiger partial charge is 0.300 e. The summed E-state index contributed by atoms with van der Waals surface area (Å²) in [7, 11) is 1.64. The molecule has 110 valence electrons. The van der Waals surface area contributed by atoms with Gasteiger partial charge in [-0.3, -0.25) is 14.9 Å². The van der Waals surface area contributed by atoms with E-state index in [1.165, 1.54) is 6.07 Å². The lowest BCUT2D eigenvalue weighted by Gasteiger charge is -2.28. The average molecular weight is 280 g/mol. The van der Waals surface area contributed by atoms with E-state index in [-0.39, 0.29) is 16.8 Å². The van der Waals surface area contributed by atoms with Crippen LogP contribution in [-0.4, -0.2) is 28.4 Å². The summed E-state index contributed by atoms with van der Waals surface area (Å²) in [4.78, 5) is 26.6. The average Bonchev–Trinajstić information content (AvgIpc) is 2.46. The van der Waals surface area contributed by atoms with Crippen molar-refractivity contribution < 1.29 is 9.72 Å². The molecule has 7 heteroatoms. The van der Waals surface area contributed by atoms with Gasteiger partial charge >= 0.3 is 0 Å². The van der Waals surface area contributed by atoms with E-state index < -0.39 is 10.8 Å². The standard InChI is InChI=1S/C13H20N4O3/c1-5-13(3,6-2)16-12(18)9-7-11(14-4)15-8-10(9)17(19)20/h7-8H,5-6H2,1-4H3,(H,14,15)(H,16,18). The molecule has 20 heavy (non-hydrogen) atoms. The Morgan fingerprint density at radius 2 is 2.05 bits per heavy atom. The Labute approximate surface area is 117 Å². The fourth-order valence-corrected chi connectivity index (χ4v) is 1.68. The summed E-state index contributed by atoms with van der Waals surface area (Å²) in [5, 5.41) is 16.6. The fourth-order valence-electron chi connectivity index (χ4n) is 1.68. The molecule has 0 unspecified atom stereocenters. The van der Waals surface area contributed by atoms with Crippen molar-refractivity contribution in [2.24, 2.45) is 0 Å². The Kier molecular flexibility index (Phi) is 5.01. The summed E-state index contributed by atoms with van der Waals surface area (Å²) < 4.78 is 0. The van der Waals surface area contributed by atoms with Crippen molar-refractivity contribution >= 4 is 17.4 Å². The molecule has 0 aliphatic carbocycles. The zero-order chi connectivity index (χ0) is 15.3. The maximum Gasteiger partial charge on any atom is 0.300 e. The maximum absolute atomic E-state index is 12.3. The van der Waals surface area contributed by atoms with Gasteiger partial charge in [-0.25, -0.2) is 4.98 Å². The quantitative estimate of drug-likeness (QED) is 0.615. The second kappa shape index (κ2) is 6.31. The monoisotopic (exact) mass is 280 g/mol. The highest BCUT2D eigenvalue weighted by Crippen LogP contribution is 2.22. The molecule has 2 N–H and O–H groups in total. The van der Waals surface area contributed by atoms with E-state index >= 15 is 0 Å². The van der Waals surface area contributed by atoms with Crippen molar-refractivity contribution in [3.05, 3.63) is 27.9 Å². The zero-order valence-corrected chi connectivity index (χ0v) is 12.2. The SMILES string of the molecule is CCC(C)(CC)NC(=O)c1cc(NC)ncc1[N+](=O)[O-]. The first-order valence-electron chi connectivity index (χ1n) is 6.51. The largest absolute Gasteiger partial charge is 0.373 e. The molecule has 1 heterocycles. The van der Waals surface area contributed by atoms with Gasteiger partial charge in [0.25, 0.3) is 11.6 Å². The molecular formula is C13H20N4O3. The minimum atomic E-state index is -0.601. The number of carbonyl (C=O) groups excluding carboxylic acids is 1. The van der Waals surface area contributed by atoms with Crippen LogP contribution >= 0.6 is 0 Å². The number of pyridine rings is 1. The van der Waals surface area contributed by atoms with Gasteiger partial charge in [-0.2, -0.15) is 0 Å². The lowest BCUT2D eigenvalue weighted by Crippen LogP contribution is -2.45. The zero-order valence-electron chi connectivity index (χ0n) is 12.2. The van der Waals surface area contributed by atoms with Gasteiger partial charge in [0.05, 0.1) is 4.92 Å². The molecule has 1 aromatic rings. The van der Waals surface area contributed by atoms with Crippen LogP contribution in [-0.2, 0) is 0 Å². The normalized spacial score (nSPS) is 11.0. The Balaban J connectivity index is 3.16. The van der Waals surface area contributed by atoms with Crippen LogP contribution < -0.4 is 10.6 Å². The van der Waals surface area contributed by atoms with Gasteiger partial charge in [0.15, 0.2) is 0 Å². The third-order valence-electron chi connectivity index (χ3n) is 3.56. The molecule has 0 aromatic carbocycles. The summed E-state index contributed by atoms with van der Waals surface area (Å²) >= 11 is 0. The van der Waals surface area contributed by atoms with Crippen LogP contribution in [0.15, 0.2) is 12.3 Å². The van der Waals surface area contributed by atoms with Crippen molar-refractivity contribution in [1.82, 2.24) is 10.3 Å². The van der Waals surface area contributed by atoms with E-state index in [1.54, 1.807) is 7.05 Å². The van der Waals surface area contributed by atoms with Crippen LogP contribution in [0.2, 0.25) is 0 Å². The highest BCUT2D eigenvalue weighted by Gasteiger charge is 2.27. The molecular weight excluding hydrogens is 260 g/mol. The van der Waals surface area contributed by atoms with E-state index in [9.17, 15) is 14.9 Å². The number of hydrogen-bond acceptors (Lipinski definition) is 5. The number of nitro groups is 1. The van der Waals surface area contributed by atoms with Crippen LogP contribution in [0.25, 0.3) is 0 Å². The number of nitrogens with zero attached hydrogens (tertiary/aromatic N) is 2. The number of rotatable bonds is 6. The molecule has 1 aromatic heterocycles. The first-order chi connectivity index (χ1) is 9.36. The molecule has 0 radical (unpaired) electrons. The number of amides is 1.